The Kier molecular flexibility index (Phi) is 3.93. The molecule has 0 bridgehead atoms. The van der Waals surface area contributed by atoms with Crippen LogP contribution in [-0.4, -0.2) is 29.0 Å². The van der Waals surface area contributed by atoms with Crippen LogP contribution in [0.5, 0.6) is 5.75 Å². The van der Waals surface area contributed by atoms with E-state index in [0.29, 0.717) is 11.1 Å². The van der Waals surface area contributed by atoms with Crippen LogP contribution in [0.25, 0.3) is 0 Å². The molecular formula is C13H19NO2. The largest absolute Gasteiger partial charge is 0.508 e. The third kappa shape index (κ3) is 2.35. The van der Waals surface area contributed by atoms with Crippen LogP contribution in [0.3, 0.4) is 0 Å². The highest BCUT2D eigenvalue weighted by Crippen LogP contribution is 2.21. The number of aromatic hydroxyl groups is 1. The Morgan fingerprint density at radius 1 is 1.50 bits per heavy atom. The van der Waals surface area contributed by atoms with E-state index in [1.807, 2.05) is 13.8 Å². The summed E-state index contributed by atoms with van der Waals surface area (Å²) in [6.07, 6.45) is 0.917. The lowest BCUT2D eigenvalue weighted by molar-refractivity contribution is 0.0739. The minimum absolute atomic E-state index is 0.0391. The zero-order valence-corrected chi connectivity index (χ0v) is 10.3. The average molecular weight is 221 g/mol. The normalized spacial score (nSPS) is 12.2. The lowest BCUT2D eigenvalue weighted by Crippen LogP contribution is -2.34. The average Bonchev–Trinajstić information content (AvgIpc) is 2.29. The van der Waals surface area contributed by atoms with Crippen molar-refractivity contribution in [2.45, 2.75) is 33.2 Å². The van der Waals surface area contributed by atoms with E-state index >= 15 is 0 Å². The highest BCUT2D eigenvalue weighted by Gasteiger charge is 2.18. The highest BCUT2D eigenvalue weighted by atomic mass is 16.3. The summed E-state index contributed by atoms with van der Waals surface area (Å²) in [7, 11) is 1.79. The predicted octanol–water partition coefficient (Wildman–Crippen LogP) is 2.57. The highest BCUT2D eigenvalue weighted by molar-refractivity contribution is 5.96. The minimum atomic E-state index is -0.0391. The summed E-state index contributed by atoms with van der Waals surface area (Å²) >= 11 is 0. The molecule has 1 aromatic carbocycles. The number of carbonyl (C=O) groups is 1. The van der Waals surface area contributed by atoms with Crippen molar-refractivity contribution in [2.75, 3.05) is 7.05 Å². The van der Waals surface area contributed by atoms with E-state index in [-0.39, 0.29) is 17.7 Å². The topological polar surface area (TPSA) is 40.5 Å². The van der Waals surface area contributed by atoms with Crippen LogP contribution < -0.4 is 0 Å². The molecule has 3 heteroatoms. The smallest absolute Gasteiger partial charge is 0.254 e. The fraction of sp³-hybridized carbons (Fsp3) is 0.462. The molecule has 0 saturated heterocycles. The second-order valence-corrected chi connectivity index (χ2v) is 4.12. The zero-order chi connectivity index (χ0) is 12.3. The van der Waals surface area contributed by atoms with Gasteiger partial charge in [0.2, 0.25) is 0 Å². The molecule has 0 saturated carbocycles. The lowest BCUT2D eigenvalue weighted by Gasteiger charge is -2.24. The molecule has 1 aromatic rings. The number of amides is 1. The van der Waals surface area contributed by atoms with Gasteiger partial charge in [-0.2, -0.15) is 0 Å². The first-order valence-corrected chi connectivity index (χ1v) is 5.54. The Morgan fingerprint density at radius 2 is 2.12 bits per heavy atom. The molecule has 0 aliphatic rings. The van der Waals surface area contributed by atoms with E-state index in [1.165, 1.54) is 0 Å². The summed E-state index contributed by atoms with van der Waals surface area (Å²) in [5, 5.41) is 9.56. The maximum absolute atomic E-state index is 12.1. The fourth-order valence-corrected chi connectivity index (χ4v) is 1.52. The van der Waals surface area contributed by atoms with Crippen LogP contribution in [-0.2, 0) is 0 Å². The number of hydrogen-bond donors (Lipinski definition) is 1. The summed E-state index contributed by atoms with van der Waals surface area (Å²) in [6, 6.07) is 5.24. The van der Waals surface area contributed by atoms with Gasteiger partial charge in [-0.3, -0.25) is 4.79 Å². The predicted molar refractivity (Wildman–Crippen MR) is 64.7 cm³/mol. The van der Waals surface area contributed by atoms with E-state index in [9.17, 15) is 9.90 Å². The third-order valence-electron chi connectivity index (χ3n) is 3.11. The number of hydrogen-bond acceptors (Lipinski definition) is 2. The van der Waals surface area contributed by atoms with Crippen molar-refractivity contribution in [3.05, 3.63) is 29.3 Å². The van der Waals surface area contributed by atoms with Crippen molar-refractivity contribution >= 4 is 5.91 Å². The minimum Gasteiger partial charge on any atom is -0.508 e. The van der Waals surface area contributed by atoms with Gasteiger partial charge < -0.3 is 10.0 Å². The molecule has 1 unspecified atom stereocenters. The zero-order valence-electron chi connectivity index (χ0n) is 10.3. The van der Waals surface area contributed by atoms with Gasteiger partial charge in [-0.25, -0.2) is 0 Å². The molecule has 0 fully saturated rings. The van der Waals surface area contributed by atoms with Gasteiger partial charge in [0.25, 0.3) is 5.91 Å². The Balaban J connectivity index is 3.01. The number of phenolic OH excluding ortho intramolecular Hbond substituents is 1. The second-order valence-electron chi connectivity index (χ2n) is 4.12. The van der Waals surface area contributed by atoms with E-state index in [2.05, 4.69) is 0 Å². The van der Waals surface area contributed by atoms with Crippen molar-refractivity contribution in [3.63, 3.8) is 0 Å². The molecular weight excluding hydrogens is 202 g/mol. The molecule has 1 atom stereocenters. The molecule has 0 heterocycles. The van der Waals surface area contributed by atoms with Crippen molar-refractivity contribution in [1.82, 2.24) is 4.90 Å². The molecule has 1 N–H and O–H groups in total. The molecule has 3 nitrogen and oxygen atoms in total. The van der Waals surface area contributed by atoms with E-state index in [0.717, 1.165) is 6.42 Å². The monoisotopic (exact) mass is 221 g/mol. The van der Waals surface area contributed by atoms with Crippen LogP contribution in [0.15, 0.2) is 18.2 Å². The van der Waals surface area contributed by atoms with Gasteiger partial charge >= 0.3 is 0 Å². The summed E-state index contributed by atoms with van der Waals surface area (Å²) in [6.45, 7) is 5.81. The summed E-state index contributed by atoms with van der Waals surface area (Å²) < 4.78 is 0. The standard InChI is InChI=1S/C13H19NO2/c1-5-9(2)14(4)13(16)11-7-6-8-12(15)10(11)3/h6-9,15H,5H2,1-4H3. The number of carbonyl (C=O) groups excluding carboxylic acids is 1. The van der Waals surface area contributed by atoms with Gasteiger partial charge in [-0.1, -0.05) is 13.0 Å². The summed E-state index contributed by atoms with van der Waals surface area (Å²) in [5.74, 6) is 0.131. The van der Waals surface area contributed by atoms with Gasteiger partial charge in [0.1, 0.15) is 5.75 Å². The first kappa shape index (κ1) is 12.6. The van der Waals surface area contributed by atoms with Gasteiger partial charge in [0.15, 0.2) is 0 Å². The maximum atomic E-state index is 12.1. The van der Waals surface area contributed by atoms with Crippen LogP contribution in [0.4, 0.5) is 0 Å². The summed E-state index contributed by atoms with van der Waals surface area (Å²) in [5.41, 5.74) is 1.21. The van der Waals surface area contributed by atoms with E-state index < -0.39 is 0 Å². The Bertz CT molecular complexity index is 388. The molecule has 0 aliphatic carbocycles. The van der Waals surface area contributed by atoms with Crippen molar-refractivity contribution in [1.29, 1.82) is 0 Å². The molecule has 16 heavy (non-hydrogen) atoms. The van der Waals surface area contributed by atoms with Crippen LogP contribution in [0.1, 0.15) is 36.2 Å². The van der Waals surface area contributed by atoms with E-state index in [1.54, 1.807) is 37.1 Å². The SMILES string of the molecule is CCC(C)N(C)C(=O)c1cccc(O)c1C. The molecule has 0 aliphatic heterocycles. The first-order chi connectivity index (χ1) is 7.49. The van der Waals surface area contributed by atoms with Crippen molar-refractivity contribution in [3.8, 4) is 5.75 Å². The van der Waals surface area contributed by atoms with Crippen molar-refractivity contribution in [2.24, 2.45) is 0 Å². The quantitative estimate of drug-likeness (QED) is 0.852. The Morgan fingerprint density at radius 3 is 2.69 bits per heavy atom. The second kappa shape index (κ2) is 5.01. The number of rotatable bonds is 3. The summed E-state index contributed by atoms with van der Waals surface area (Å²) in [4.78, 5) is 13.8. The molecule has 0 spiro atoms. The lowest BCUT2D eigenvalue weighted by atomic mass is 10.1. The molecule has 1 amide bonds. The van der Waals surface area contributed by atoms with E-state index in [4.69, 9.17) is 0 Å². The molecule has 0 radical (unpaired) electrons. The van der Waals surface area contributed by atoms with Gasteiger partial charge in [0, 0.05) is 24.2 Å². The number of benzene rings is 1. The van der Waals surface area contributed by atoms with Gasteiger partial charge in [-0.05, 0) is 32.4 Å². The fourth-order valence-electron chi connectivity index (χ4n) is 1.52. The number of nitrogens with zero attached hydrogens (tertiary/aromatic N) is 1. The van der Waals surface area contributed by atoms with Crippen molar-refractivity contribution < 1.29 is 9.90 Å². The first-order valence-electron chi connectivity index (χ1n) is 5.54. The van der Waals surface area contributed by atoms with Crippen LogP contribution in [0.2, 0.25) is 0 Å². The maximum Gasteiger partial charge on any atom is 0.254 e. The molecule has 1 rings (SSSR count). The van der Waals surface area contributed by atoms with Crippen LogP contribution >= 0.6 is 0 Å². The number of phenols is 1. The Hall–Kier alpha value is -1.51. The Labute approximate surface area is 96.7 Å². The van der Waals surface area contributed by atoms with Gasteiger partial charge in [0.05, 0.1) is 0 Å². The van der Waals surface area contributed by atoms with Crippen LogP contribution in [0, 0.1) is 6.92 Å². The molecule has 88 valence electrons. The third-order valence-corrected chi connectivity index (χ3v) is 3.11. The van der Waals surface area contributed by atoms with Gasteiger partial charge in [-0.15, -0.1) is 0 Å². The molecule has 0 aromatic heterocycles.